The highest BCUT2D eigenvalue weighted by Crippen LogP contribution is 2.28. The number of carbonyl (C=O) groups excluding carboxylic acids is 1. The molecule has 2 aromatic heterocycles. The van der Waals surface area contributed by atoms with E-state index in [1.807, 2.05) is 72.9 Å². The topological polar surface area (TPSA) is 59.8 Å². The minimum Gasteiger partial charge on any atom is -0.351 e. The summed E-state index contributed by atoms with van der Waals surface area (Å²) in [6.07, 6.45) is 3.61. The van der Waals surface area contributed by atoms with E-state index in [2.05, 4.69) is 40.0 Å². The SMILES string of the molecule is C[C@@H](CNC(=O)c1ccc(Cn2c(SCc3cccc(Cl)c3)nc3ccncc32)cc1)c1ccccc1. The summed E-state index contributed by atoms with van der Waals surface area (Å²) in [5.74, 6) is 0.942. The summed E-state index contributed by atoms with van der Waals surface area (Å²) >= 11 is 7.83. The maximum Gasteiger partial charge on any atom is 0.251 e. The molecule has 0 fully saturated rings. The zero-order chi connectivity index (χ0) is 25.6. The molecule has 0 aliphatic carbocycles. The third-order valence-electron chi connectivity index (χ3n) is 6.27. The van der Waals surface area contributed by atoms with Gasteiger partial charge in [0, 0.05) is 29.1 Å². The lowest BCUT2D eigenvalue weighted by molar-refractivity contribution is 0.0951. The lowest BCUT2D eigenvalue weighted by atomic mass is 10.0. The summed E-state index contributed by atoms with van der Waals surface area (Å²) in [7, 11) is 0. The normalized spacial score (nSPS) is 11.9. The summed E-state index contributed by atoms with van der Waals surface area (Å²) in [5.41, 5.74) is 5.98. The number of hydrogen-bond acceptors (Lipinski definition) is 4. The van der Waals surface area contributed by atoms with Gasteiger partial charge in [-0.3, -0.25) is 9.78 Å². The van der Waals surface area contributed by atoms with Gasteiger partial charge >= 0.3 is 0 Å². The minimum atomic E-state index is -0.0654. The second-order valence-corrected chi connectivity index (χ2v) is 10.4. The largest absolute Gasteiger partial charge is 0.351 e. The molecule has 5 rings (SSSR count). The fraction of sp³-hybridized carbons (Fsp3) is 0.167. The molecule has 0 spiro atoms. The Morgan fingerprint density at radius 3 is 2.59 bits per heavy atom. The number of thioether (sulfide) groups is 1. The van der Waals surface area contributed by atoms with Gasteiger partial charge in [-0.25, -0.2) is 4.98 Å². The van der Waals surface area contributed by atoms with Crippen molar-refractivity contribution < 1.29 is 4.79 Å². The quantitative estimate of drug-likeness (QED) is 0.211. The number of aromatic nitrogens is 3. The Morgan fingerprint density at radius 2 is 1.81 bits per heavy atom. The van der Waals surface area contributed by atoms with Crippen LogP contribution in [0.4, 0.5) is 0 Å². The number of nitrogens with zero attached hydrogens (tertiary/aromatic N) is 3. The first kappa shape index (κ1) is 25.1. The smallest absolute Gasteiger partial charge is 0.251 e. The highest BCUT2D eigenvalue weighted by molar-refractivity contribution is 7.98. The molecule has 3 aromatic carbocycles. The average molecular weight is 527 g/mol. The lowest BCUT2D eigenvalue weighted by Crippen LogP contribution is -2.27. The Morgan fingerprint density at radius 1 is 1.00 bits per heavy atom. The number of fused-ring (bicyclic) bond motifs is 1. The number of nitrogens with one attached hydrogen (secondary N) is 1. The third kappa shape index (κ3) is 6.21. The van der Waals surface area contributed by atoms with E-state index >= 15 is 0 Å². The van der Waals surface area contributed by atoms with Crippen molar-refractivity contribution in [3.63, 3.8) is 0 Å². The first-order valence-corrected chi connectivity index (χ1v) is 13.5. The zero-order valence-corrected chi connectivity index (χ0v) is 22.0. The van der Waals surface area contributed by atoms with Crippen molar-refractivity contribution in [1.82, 2.24) is 19.9 Å². The van der Waals surface area contributed by atoms with Crippen LogP contribution in [0.5, 0.6) is 0 Å². The highest BCUT2D eigenvalue weighted by atomic mass is 35.5. The Labute approximate surface area is 225 Å². The van der Waals surface area contributed by atoms with Crippen molar-refractivity contribution >= 4 is 40.3 Å². The number of halogens is 1. The zero-order valence-electron chi connectivity index (χ0n) is 20.5. The van der Waals surface area contributed by atoms with E-state index < -0.39 is 0 Å². The first-order valence-electron chi connectivity index (χ1n) is 12.2. The molecule has 5 aromatic rings. The molecular weight excluding hydrogens is 500 g/mol. The van der Waals surface area contributed by atoms with E-state index in [1.54, 1.807) is 18.0 Å². The van der Waals surface area contributed by atoms with Crippen molar-refractivity contribution in [3.8, 4) is 0 Å². The molecule has 1 N–H and O–H groups in total. The predicted octanol–water partition coefficient (Wildman–Crippen LogP) is 6.96. The summed E-state index contributed by atoms with van der Waals surface area (Å²) in [6, 6.07) is 27.8. The Kier molecular flexibility index (Phi) is 7.87. The maximum absolute atomic E-state index is 12.7. The van der Waals surface area contributed by atoms with Gasteiger partial charge in [-0.2, -0.15) is 0 Å². The van der Waals surface area contributed by atoms with Gasteiger partial charge in [-0.05, 0) is 52.9 Å². The van der Waals surface area contributed by atoms with E-state index in [9.17, 15) is 4.79 Å². The van der Waals surface area contributed by atoms with Crippen molar-refractivity contribution in [2.24, 2.45) is 0 Å². The third-order valence-corrected chi connectivity index (χ3v) is 7.55. The number of imidazole rings is 1. The van der Waals surface area contributed by atoms with Crippen molar-refractivity contribution in [1.29, 1.82) is 0 Å². The molecule has 0 aliphatic rings. The molecule has 0 unspecified atom stereocenters. The molecule has 0 aliphatic heterocycles. The van der Waals surface area contributed by atoms with Crippen molar-refractivity contribution in [3.05, 3.63) is 125 Å². The van der Waals surface area contributed by atoms with Gasteiger partial charge in [0.15, 0.2) is 5.16 Å². The number of hydrogen-bond donors (Lipinski definition) is 1. The fourth-order valence-corrected chi connectivity index (χ4v) is 5.35. The summed E-state index contributed by atoms with van der Waals surface area (Å²) in [6.45, 7) is 3.34. The fourth-order valence-electron chi connectivity index (χ4n) is 4.18. The molecular formula is C30H27ClN4OS. The molecule has 0 radical (unpaired) electrons. The van der Waals surface area contributed by atoms with Crippen LogP contribution in [-0.4, -0.2) is 27.0 Å². The molecule has 7 heteroatoms. The standard InChI is InChI=1S/C30H27ClN4OS/c1-21(24-7-3-2-4-8-24)17-33-29(36)25-12-10-22(11-13-25)19-35-28-18-32-15-14-27(28)34-30(35)37-20-23-6-5-9-26(31)16-23/h2-16,18,21H,17,19-20H2,1H3,(H,33,36)/t21-/m0/s1. The second-order valence-electron chi connectivity index (χ2n) is 8.98. The van der Waals surface area contributed by atoms with Crippen LogP contribution in [0, 0.1) is 0 Å². The summed E-state index contributed by atoms with van der Waals surface area (Å²) < 4.78 is 2.17. The van der Waals surface area contributed by atoms with E-state index in [0.717, 1.165) is 38.1 Å². The van der Waals surface area contributed by atoms with E-state index in [0.29, 0.717) is 18.7 Å². The molecule has 0 saturated carbocycles. The van der Waals surface area contributed by atoms with Crippen LogP contribution in [0.15, 0.2) is 102 Å². The Balaban J connectivity index is 1.28. The van der Waals surface area contributed by atoms with E-state index in [1.165, 1.54) is 5.56 Å². The van der Waals surface area contributed by atoms with Crippen LogP contribution in [0.25, 0.3) is 11.0 Å². The molecule has 1 atom stereocenters. The summed E-state index contributed by atoms with van der Waals surface area (Å²) in [5, 5.41) is 4.70. The van der Waals surface area contributed by atoms with Crippen LogP contribution in [0.1, 0.15) is 39.9 Å². The molecule has 5 nitrogen and oxygen atoms in total. The number of rotatable bonds is 9. The molecule has 37 heavy (non-hydrogen) atoms. The van der Waals surface area contributed by atoms with Crippen LogP contribution < -0.4 is 5.32 Å². The predicted molar refractivity (Wildman–Crippen MR) is 151 cm³/mol. The molecule has 0 bridgehead atoms. The monoisotopic (exact) mass is 526 g/mol. The Bertz CT molecular complexity index is 1500. The number of benzene rings is 3. The van der Waals surface area contributed by atoms with Crippen LogP contribution in [0.3, 0.4) is 0 Å². The van der Waals surface area contributed by atoms with Crippen molar-refractivity contribution in [2.45, 2.75) is 30.3 Å². The van der Waals surface area contributed by atoms with Crippen LogP contribution in [-0.2, 0) is 12.3 Å². The average Bonchev–Trinajstić information content (AvgIpc) is 3.28. The molecule has 2 heterocycles. The van der Waals surface area contributed by atoms with Gasteiger partial charge in [0.25, 0.3) is 5.91 Å². The van der Waals surface area contributed by atoms with E-state index in [-0.39, 0.29) is 11.8 Å². The van der Waals surface area contributed by atoms with Gasteiger partial charge in [0.1, 0.15) is 0 Å². The number of pyridine rings is 1. The maximum atomic E-state index is 12.7. The second kappa shape index (κ2) is 11.6. The lowest BCUT2D eigenvalue weighted by Gasteiger charge is -2.13. The minimum absolute atomic E-state index is 0.0654. The Hall–Kier alpha value is -3.61. The van der Waals surface area contributed by atoms with Crippen LogP contribution in [0.2, 0.25) is 5.02 Å². The number of carbonyl (C=O) groups is 1. The van der Waals surface area contributed by atoms with Gasteiger partial charge in [-0.1, -0.05) is 84.9 Å². The van der Waals surface area contributed by atoms with Gasteiger partial charge in [0.05, 0.1) is 23.8 Å². The number of amides is 1. The van der Waals surface area contributed by atoms with Gasteiger partial charge < -0.3 is 9.88 Å². The summed E-state index contributed by atoms with van der Waals surface area (Å²) in [4.78, 5) is 21.9. The van der Waals surface area contributed by atoms with Gasteiger partial charge in [0.2, 0.25) is 0 Å². The van der Waals surface area contributed by atoms with Crippen LogP contribution >= 0.6 is 23.4 Å². The van der Waals surface area contributed by atoms with Crippen molar-refractivity contribution in [2.75, 3.05) is 6.54 Å². The molecule has 1 amide bonds. The van der Waals surface area contributed by atoms with Gasteiger partial charge in [-0.15, -0.1) is 0 Å². The highest BCUT2D eigenvalue weighted by Gasteiger charge is 2.14. The first-order chi connectivity index (χ1) is 18.1. The van der Waals surface area contributed by atoms with E-state index in [4.69, 9.17) is 16.6 Å². The molecule has 0 saturated heterocycles. The molecule has 186 valence electrons.